The molecule has 9 aliphatic heterocycles. The van der Waals surface area contributed by atoms with Crippen LogP contribution in [0.5, 0.6) is 0 Å². The van der Waals surface area contributed by atoms with Crippen LogP contribution >= 0.6 is 56.7 Å². The predicted octanol–water partition coefficient (Wildman–Crippen LogP) is 31.9. The van der Waals surface area contributed by atoms with Crippen LogP contribution in [0, 0.1) is 81.5 Å². The number of oxazole rings is 1. The van der Waals surface area contributed by atoms with E-state index in [4.69, 9.17) is 29.3 Å². The number of aryl methyl sites for hydroxylation is 6. The summed E-state index contributed by atoms with van der Waals surface area (Å²) < 4.78 is 5.81. The Morgan fingerprint density at radius 3 is 0.948 bits per heavy atom. The highest BCUT2D eigenvalue weighted by Gasteiger charge is 2.71. The summed E-state index contributed by atoms with van der Waals surface area (Å²) in [7, 11) is 0. The van der Waals surface area contributed by atoms with Crippen molar-refractivity contribution in [1.29, 1.82) is 0 Å². The fraction of sp³-hybridized carbons (Fsp3) is 0.538. The number of para-hydroxylation sites is 6. The summed E-state index contributed by atoms with van der Waals surface area (Å²) >= 11 is 9.19. The van der Waals surface area contributed by atoms with Crippen molar-refractivity contribution in [3.05, 3.63) is 276 Å². The molecule has 4 bridgehead atoms. The van der Waals surface area contributed by atoms with Crippen molar-refractivity contribution in [3.63, 3.8) is 0 Å². The Labute approximate surface area is 826 Å². The zero-order chi connectivity index (χ0) is 95.3. The maximum Gasteiger partial charge on any atom is 0.181 e. The summed E-state index contributed by atoms with van der Waals surface area (Å²) in [6.45, 7) is 63.5. The van der Waals surface area contributed by atoms with E-state index in [-0.39, 0.29) is 71.8 Å². The molecule has 6 aromatic carbocycles. The van der Waals surface area contributed by atoms with Crippen molar-refractivity contribution >= 4 is 90.8 Å². The zero-order valence-corrected chi connectivity index (χ0v) is 89.7. The standard InChI is InChI=1S/C22H26N2S.C20H26N2O.2C20H26N2S.C18H22N2S.C17H20N2S/c1-13-5-3-4-6-19(13)24-14(2)20-21(23-12-25-20)22(24)17-8-15-7-16(10-17)11-18(22)9-15;3*1-12-9-8-10-14-15(12)22-13(2)16-17(21-11-23-16)20(22,7)19(5,6)18(14,3)4;1-13-8-4-5-9-15(13)20-14(2)16-17(19-12-21-16)18(20)10-6-3-7-11-18;1-12-7-3-4-8-14(12)19-13(2)15-16(18-11-20-15)17(19)9-5-6-10-17/h3-6,12,14-18H,7-11H2,1-2H3;3*8-11,13H,1-7H3;4-5,8-9,12,14H,3,6-7,10-11H2,1-2H3;3-4,7-8,11,13H,5-6,9-10H2,1-2H3. The minimum absolute atomic E-state index is 0.00280. The van der Waals surface area contributed by atoms with E-state index in [1.165, 1.54) is 227 Å². The summed E-state index contributed by atoms with van der Waals surface area (Å²) in [4.78, 5) is 52.4. The van der Waals surface area contributed by atoms with Gasteiger partial charge in [-0.1, -0.05) is 224 Å². The highest BCUT2D eigenvalue weighted by atomic mass is 32.1. The van der Waals surface area contributed by atoms with Gasteiger partial charge in [-0.15, -0.1) is 56.7 Å². The first-order valence-electron chi connectivity index (χ1n) is 51.0. The number of rotatable bonds is 3. The molecule has 3 spiro atoms. The molecule has 9 unspecified atom stereocenters. The van der Waals surface area contributed by atoms with Crippen LogP contribution in [0.4, 0.5) is 34.1 Å². The molecule has 710 valence electrons. The van der Waals surface area contributed by atoms with E-state index in [9.17, 15) is 0 Å². The number of nitrogens with zero attached hydrogens (tertiary/aromatic N) is 12. The Bertz CT molecular complexity index is 6190. The minimum atomic E-state index is -0.183. The molecule has 9 atom stereocenters. The molecule has 0 radical (unpaired) electrons. The number of thiazole rings is 5. The maximum atomic E-state index is 5.81. The van der Waals surface area contributed by atoms with Crippen LogP contribution in [0.2, 0.25) is 0 Å². The minimum Gasteiger partial charge on any atom is -0.446 e. The van der Waals surface area contributed by atoms with E-state index in [1.807, 2.05) is 78.7 Å². The van der Waals surface area contributed by atoms with Crippen molar-refractivity contribution in [2.75, 3.05) is 29.4 Å². The van der Waals surface area contributed by atoms with Crippen LogP contribution in [0.25, 0.3) is 0 Å². The second-order valence-electron chi connectivity index (χ2n) is 46.9. The lowest BCUT2D eigenvalue weighted by atomic mass is 9.47. The molecule has 15 heterocycles. The summed E-state index contributed by atoms with van der Waals surface area (Å²) in [5.41, 5.74) is 39.7. The van der Waals surface area contributed by atoms with Crippen molar-refractivity contribution < 1.29 is 4.42 Å². The van der Waals surface area contributed by atoms with Gasteiger partial charge in [-0.05, 0) is 270 Å². The summed E-state index contributed by atoms with van der Waals surface area (Å²) in [5, 5.41) is 0. The van der Waals surface area contributed by atoms with Crippen molar-refractivity contribution in [3.8, 4) is 0 Å². The van der Waals surface area contributed by atoms with Crippen molar-refractivity contribution in [2.45, 2.75) is 363 Å². The Morgan fingerprint density at radius 2 is 0.578 bits per heavy atom. The quantitative estimate of drug-likeness (QED) is 0.168. The van der Waals surface area contributed by atoms with Gasteiger partial charge in [0.25, 0.3) is 0 Å². The zero-order valence-electron chi connectivity index (χ0n) is 85.6. The third-order valence-corrected chi connectivity index (χ3v) is 45.0. The number of fused-ring (bicyclic) bond motifs is 20. The number of anilines is 6. The van der Waals surface area contributed by atoms with Crippen molar-refractivity contribution in [1.82, 2.24) is 29.9 Å². The van der Waals surface area contributed by atoms with Crippen LogP contribution in [-0.2, 0) is 49.5 Å². The van der Waals surface area contributed by atoms with Gasteiger partial charge in [0.1, 0.15) is 5.69 Å². The first-order chi connectivity index (χ1) is 64.1. The molecule has 6 fully saturated rings. The molecule has 27 rings (SSSR count). The number of hydrogen-bond donors (Lipinski definition) is 0. The molecule has 6 saturated carbocycles. The lowest BCUT2D eigenvalue weighted by molar-refractivity contribution is -0.0618. The summed E-state index contributed by atoms with van der Waals surface area (Å²) in [5.74, 6) is 4.60. The van der Waals surface area contributed by atoms with Gasteiger partial charge in [-0.2, -0.15) is 0 Å². The van der Waals surface area contributed by atoms with Gasteiger partial charge < -0.3 is 33.8 Å². The van der Waals surface area contributed by atoms with E-state index in [0.29, 0.717) is 30.2 Å². The molecule has 0 amide bonds. The molecular weight excluding hydrogens is 1750 g/mol. The molecule has 6 aliphatic carbocycles. The lowest BCUT2D eigenvalue weighted by Gasteiger charge is -2.63. The van der Waals surface area contributed by atoms with E-state index in [1.54, 1.807) is 6.39 Å². The van der Waals surface area contributed by atoms with Crippen LogP contribution in [0.3, 0.4) is 0 Å². The van der Waals surface area contributed by atoms with E-state index < -0.39 is 0 Å². The SMILES string of the molecule is Cc1cccc2c1N1C(C)c3ocnc3C1(C)C(C)(C)C2(C)C.Cc1cccc2c1N1C(C)c3scnc3C1(C)C(C)(C)C2(C)C.Cc1cccc2c1N1C(C)c3scnc3C1(C)C(C)(C)C2(C)C.Cc1ccccc1N1C(C)c2scnc2C12C1CC3CC(C1)CC2C3.Cc1ccccc1N1C(C)c2scnc2C12CCCC2.Cc1ccccc1N1C(C)c2scnc2C12CCCCC2. The summed E-state index contributed by atoms with van der Waals surface area (Å²) in [6.07, 6.45) is 20.5. The molecule has 135 heavy (non-hydrogen) atoms. The second kappa shape index (κ2) is 32.3. The molecule has 18 heteroatoms. The third kappa shape index (κ3) is 12.4. The van der Waals surface area contributed by atoms with Crippen LogP contribution in [0.1, 0.15) is 386 Å². The average Bonchev–Trinajstić information content (AvgIpc) is 1.53. The molecule has 13 nitrogen and oxygen atoms in total. The van der Waals surface area contributed by atoms with Crippen LogP contribution < -0.4 is 29.4 Å². The number of hydrogen-bond acceptors (Lipinski definition) is 18. The largest absolute Gasteiger partial charge is 0.446 e. The van der Waals surface area contributed by atoms with E-state index in [2.05, 4.69) is 354 Å². The molecule has 15 aliphatic rings. The van der Waals surface area contributed by atoms with Crippen LogP contribution in [0.15, 0.2) is 166 Å². The Morgan fingerprint density at radius 1 is 0.289 bits per heavy atom. The van der Waals surface area contributed by atoms with E-state index >= 15 is 0 Å². The monoisotopic (exact) mass is 1900 g/mol. The maximum absolute atomic E-state index is 5.81. The fourth-order valence-corrected chi connectivity index (χ4v) is 35.5. The Hall–Kier alpha value is -8.52. The highest BCUT2D eigenvalue weighted by molar-refractivity contribution is 7.11. The van der Waals surface area contributed by atoms with Gasteiger partial charge in [0, 0.05) is 50.4 Å². The molecular formula is C117H146N12OS5. The van der Waals surface area contributed by atoms with Crippen molar-refractivity contribution in [2.24, 2.45) is 39.9 Å². The lowest BCUT2D eigenvalue weighted by Crippen LogP contribution is -2.62. The smallest absolute Gasteiger partial charge is 0.181 e. The topological polar surface area (TPSA) is 110 Å². The normalized spacial score (nSPS) is 30.0. The van der Waals surface area contributed by atoms with Gasteiger partial charge in [-0.25, -0.2) is 29.9 Å². The Balaban J connectivity index is 0.0000000972. The fourth-order valence-electron chi connectivity index (χ4n) is 30.9. The molecule has 0 saturated heterocycles. The van der Waals surface area contributed by atoms with Crippen LogP contribution in [-0.4, -0.2) is 29.9 Å². The second-order valence-corrected chi connectivity index (χ2v) is 51.3. The van der Waals surface area contributed by atoms with Gasteiger partial charge in [-0.3, -0.25) is 0 Å². The average molecular weight is 1900 g/mol. The number of benzene rings is 6. The Kier molecular flexibility index (Phi) is 22.2. The highest BCUT2D eigenvalue weighted by Crippen LogP contribution is 2.74. The van der Waals surface area contributed by atoms with E-state index in [0.717, 1.165) is 35.1 Å². The third-order valence-electron chi connectivity index (χ3n) is 40.0. The first kappa shape index (κ1) is 92.8. The van der Waals surface area contributed by atoms with Gasteiger partial charge in [0.2, 0.25) is 0 Å². The molecule has 12 aromatic rings. The summed E-state index contributed by atoms with van der Waals surface area (Å²) in [6, 6.07) is 49.3. The van der Waals surface area contributed by atoms with Gasteiger partial charge >= 0.3 is 0 Å². The predicted molar refractivity (Wildman–Crippen MR) is 566 cm³/mol. The molecule has 6 aromatic heterocycles. The first-order valence-corrected chi connectivity index (χ1v) is 55.4. The molecule has 0 N–H and O–H groups in total. The number of aromatic nitrogens is 6. The van der Waals surface area contributed by atoms with Gasteiger partial charge in [0.05, 0.1) is 150 Å². The van der Waals surface area contributed by atoms with Gasteiger partial charge in [0.15, 0.2) is 12.2 Å².